The first-order valence-electron chi connectivity index (χ1n) is 4.50. The summed E-state index contributed by atoms with van der Waals surface area (Å²) in [5, 5.41) is 0. The highest BCUT2D eigenvalue weighted by atomic mass is 16.7. The van der Waals surface area contributed by atoms with E-state index in [9.17, 15) is 9.59 Å². The van der Waals surface area contributed by atoms with Crippen molar-refractivity contribution in [2.75, 3.05) is 0 Å². The van der Waals surface area contributed by atoms with E-state index in [4.69, 9.17) is 9.47 Å². The lowest BCUT2D eigenvalue weighted by Crippen LogP contribution is -2.24. The van der Waals surface area contributed by atoms with Crippen molar-refractivity contribution in [2.45, 2.75) is 19.6 Å². The van der Waals surface area contributed by atoms with Gasteiger partial charge in [0.2, 0.25) is 6.29 Å². The van der Waals surface area contributed by atoms with Gasteiger partial charge in [0.05, 0.1) is 6.42 Å². The number of rotatable bonds is 0. The second-order valence-electron chi connectivity index (χ2n) is 3.19. The number of carbonyl (C=O) groups is 2. The Morgan fingerprint density at radius 1 is 1.33 bits per heavy atom. The van der Waals surface area contributed by atoms with Crippen molar-refractivity contribution in [2.24, 2.45) is 0 Å². The maximum atomic E-state index is 11.4. The van der Waals surface area contributed by atoms with Crippen LogP contribution in [-0.2, 0) is 20.7 Å². The van der Waals surface area contributed by atoms with E-state index in [0.717, 1.165) is 0 Å². The Balaban J connectivity index is 2.36. The molecule has 0 saturated carbocycles. The normalized spacial score (nSPS) is 20.7. The topological polar surface area (TPSA) is 65.5 Å². The first kappa shape index (κ1) is 9.64. The Kier molecular flexibility index (Phi) is 2.37. The number of fused-ring (bicyclic) bond motifs is 7. The molecule has 15 heavy (non-hydrogen) atoms. The quantitative estimate of drug-likeness (QED) is 0.585. The highest BCUT2D eigenvalue weighted by molar-refractivity contribution is 5.87. The van der Waals surface area contributed by atoms with Gasteiger partial charge >= 0.3 is 11.9 Å². The zero-order valence-electron chi connectivity index (χ0n) is 8.10. The second-order valence-corrected chi connectivity index (χ2v) is 3.19. The molecule has 1 aromatic heterocycles. The molecule has 0 N–H and O–H groups in total. The smallest absolute Gasteiger partial charge is 0.359 e. The maximum absolute atomic E-state index is 11.4. The van der Waals surface area contributed by atoms with E-state index in [2.05, 4.69) is 4.98 Å². The molecule has 2 aliphatic heterocycles. The average molecular weight is 207 g/mol. The highest BCUT2D eigenvalue weighted by Gasteiger charge is 2.19. The van der Waals surface area contributed by atoms with Gasteiger partial charge in [-0.05, 0) is 11.6 Å². The van der Waals surface area contributed by atoms with Crippen LogP contribution < -0.4 is 0 Å². The summed E-state index contributed by atoms with van der Waals surface area (Å²) < 4.78 is 9.67. The van der Waals surface area contributed by atoms with Crippen LogP contribution in [0.4, 0.5) is 0 Å². The van der Waals surface area contributed by atoms with Crippen LogP contribution in [0.25, 0.3) is 0 Å². The molecular formula is C10H9NO4. The lowest BCUT2D eigenvalue weighted by Gasteiger charge is -2.15. The van der Waals surface area contributed by atoms with E-state index >= 15 is 0 Å². The predicted octanol–water partition coefficient (Wildman–Crippen LogP) is 0.684. The van der Waals surface area contributed by atoms with Crippen LogP contribution in [0.2, 0.25) is 0 Å². The Morgan fingerprint density at radius 2 is 2.13 bits per heavy atom. The fourth-order valence-electron chi connectivity index (χ4n) is 1.28. The van der Waals surface area contributed by atoms with Crippen molar-refractivity contribution in [1.29, 1.82) is 0 Å². The van der Waals surface area contributed by atoms with Crippen LogP contribution in [0.3, 0.4) is 0 Å². The van der Waals surface area contributed by atoms with E-state index in [1.807, 2.05) is 0 Å². The van der Waals surface area contributed by atoms with Gasteiger partial charge in [-0.2, -0.15) is 0 Å². The Hall–Kier alpha value is -1.91. The standard InChI is InChI=1S/C10H9NO4/c1-6-14-9(12)4-7-2-3-8(11-5-7)10(13)15-6/h2-3,5-6H,4H2,1H3. The SMILES string of the molecule is CC1OC(=O)Cc2ccc(nc2)C(=O)O1. The molecule has 0 saturated heterocycles. The number of pyridine rings is 1. The third-order valence-electron chi connectivity index (χ3n) is 1.95. The van der Waals surface area contributed by atoms with Gasteiger partial charge in [0.25, 0.3) is 0 Å². The summed E-state index contributed by atoms with van der Waals surface area (Å²) in [6.45, 7) is 1.49. The van der Waals surface area contributed by atoms with E-state index in [1.54, 1.807) is 6.07 Å². The van der Waals surface area contributed by atoms with Gasteiger partial charge < -0.3 is 9.47 Å². The molecule has 3 heterocycles. The van der Waals surface area contributed by atoms with Gasteiger partial charge in [-0.15, -0.1) is 0 Å². The number of carbonyl (C=O) groups excluding carboxylic acids is 2. The Morgan fingerprint density at radius 3 is 2.80 bits per heavy atom. The minimum absolute atomic E-state index is 0.134. The minimum atomic E-state index is -0.874. The molecule has 1 unspecified atom stereocenters. The van der Waals surface area contributed by atoms with Crippen molar-refractivity contribution in [3.05, 3.63) is 29.6 Å². The van der Waals surface area contributed by atoms with Crippen LogP contribution in [0.5, 0.6) is 0 Å². The molecular weight excluding hydrogens is 198 g/mol. The minimum Gasteiger partial charge on any atom is -0.425 e. The van der Waals surface area contributed by atoms with Gasteiger partial charge in [0, 0.05) is 13.1 Å². The van der Waals surface area contributed by atoms with Gasteiger partial charge in [-0.25, -0.2) is 9.78 Å². The average Bonchev–Trinajstić information content (AvgIpc) is 2.17. The summed E-state index contributed by atoms with van der Waals surface area (Å²) in [6.07, 6.45) is 0.726. The molecule has 5 nitrogen and oxygen atoms in total. The summed E-state index contributed by atoms with van der Waals surface area (Å²) in [4.78, 5) is 26.5. The van der Waals surface area contributed by atoms with Gasteiger partial charge in [0.1, 0.15) is 5.69 Å². The molecule has 5 heteroatoms. The molecule has 0 fully saturated rings. The summed E-state index contributed by atoms with van der Waals surface area (Å²) in [6, 6.07) is 3.18. The van der Waals surface area contributed by atoms with E-state index < -0.39 is 18.2 Å². The summed E-state index contributed by atoms with van der Waals surface area (Å²) in [7, 11) is 0. The van der Waals surface area contributed by atoms with Crippen LogP contribution >= 0.6 is 0 Å². The lowest BCUT2D eigenvalue weighted by atomic mass is 10.2. The molecule has 2 aliphatic rings. The zero-order chi connectivity index (χ0) is 10.8. The maximum Gasteiger partial charge on any atom is 0.359 e. The first-order chi connectivity index (χ1) is 7.15. The zero-order valence-corrected chi connectivity index (χ0v) is 8.10. The van der Waals surface area contributed by atoms with Crippen molar-refractivity contribution < 1.29 is 19.1 Å². The van der Waals surface area contributed by atoms with Crippen LogP contribution in [0.1, 0.15) is 23.0 Å². The van der Waals surface area contributed by atoms with Crippen LogP contribution in [-0.4, -0.2) is 23.2 Å². The molecule has 1 atom stereocenters. The van der Waals surface area contributed by atoms with Crippen molar-refractivity contribution in [3.8, 4) is 0 Å². The first-order valence-corrected chi connectivity index (χ1v) is 4.50. The van der Waals surface area contributed by atoms with E-state index in [1.165, 1.54) is 19.2 Å². The second kappa shape index (κ2) is 3.68. The van der Waals surface area contributed by atoms with E-state index in [-0.39, 0.29) is 12.1 Å². The van der Waals surface area contributed by atoms with Gasteiger partial charge in [-0.3, -0.25) is 4.79 Å². The van der Waals surface area contributed by atoms with Crippen molar-refractivity contribution in [3.63, 3.8) is 0 Å². The monoisotopic (exact) mass is 207 g/mol. The molecule has 2 bridgehead atoms. The molecule has 0 aromatic carbocycles. The largest absolute Gasteiger partial charge is 0.425 e. The number of hydrogen-bond donors (Lipinski definition) is 0. The molecule has 78 valence electrons. The molecule has 1 aromatic rings. The van der Waals surface area contributed by atoms with Crippen LogP contribution in [0, 0.1) is 0 Å². The highest BCUT2D eigenvalue weighted by Crippen LogP contribution is 2.09. The number of ether oxygens (including phenoxy) is 2. The third kappa shape index (κ3) is 2.12. The number of hydrogen-bond acceptors (Lipinski definition) is 5. The van der Waals surface area contributed by atoms with Crippen LogP contribution in [0.15, 0.2) is 18.3 Å². The summed E-state index contributed by atoms with van der Waals surface area (Å²) >= 11 is 0. The van der Waals surface area contributed by atoms with Crippen molar-refractivity contribution >= 4 is 11.9 Å². The summed E-state index contributed by atoms with van der Waals surface area (Å²) in [5.74, 6) is -1.03. The number of esters is 2. The number of aromatic nitrogens is 1. The third-order valence-corrected chi connectivity index (χ3v) is 1.95. The molecule has 0 aliphatic carbocycles. The summed E-state index contributed by atoms with van der Waals surface area (Å²) in [5.41, 5.74) is 0.925. The predicted molar refractivity (Wildman–Crippen MR) is 48.9 cm³/mol. The fourth-order valence-corrected chi connectivity index (χ4v) is 1.28. The molecule has 0 radical (unpaired) electrons. The van der Waals surface area contributed by atoms with Crippen molar-refractivity contribution in [1.82, 2.24) is 4.98 Å². The Bertz CT molecular complexity index is 398. The molecule has 0 spiro atoms. The molecule has 0 amide bonds. The molecule has 3 rings (SSSR count). The Labute approximate surface area is 86.0 Å². The lowest BCUT2D eigenvalue weighted by molar-refractivity contribution is -0.164. The van der Waals surface area contributed by atoms with E-state index in [0.29, 0.717) is 5.56 Å². The van der Waals surface area contributed by atoms with Gasteiger partial charge in [-0.1, -0.05) is 6.07 Å². The number of nitrogens with zero attached hydrogens (tertiary/aromatic N) is 1. The van der Waals surface area contributed by atoms with Gasteiger partial charge in [0.15, 0.2) is 0 Å². The fraction of sp³-hybridized carbons (Fsp3) is 0.300.